The van der Waals surface area contributed by atoms with Gasteiger partial charge < -0.3 is 4.43 Å². The Hall–Kier alpha value is -0.323. The second-order valence-corrected chi connectivity index (χ2v) is 10.00. The van der Waals surface area contributed by atoms with Crippen molar-refractivity contribution in [1.82, 2.24) is 0 Å². The van der Waals surface area contributed by atoms with Crippen LogP contribution >= 0.6 is 11.8 Å². The molecule has 1 aromatic rings. The van der Waals surface area contributed by atoms with Crippen LogP contribution in [0.1, 0.15) is 0 Å². The van der Waals surface area contributed by atoms with E-state index in [4.69, 9.17) is 4.43 Å². The van der Waals surface area contributed by atoms with Gasteiger partial charge in [-0.3, -0.25) is 0 Å². The minimum absolute atomic E-state index is 0.190. The van der Waals surface area contributed by atoms with Crippen LogP contribution in [0.4, 0.5) is 4.39 Å². The van der Waals surface area contributed by atoms with Gasteiger partial charge in [-0.1, -0.05) is 30.0 Å². The molecule has 0 fully saturated rings. The van der Waals surface area contributed by atoms with E-state index in [-0.39, 0.29) is 6.61 Å². The molecule has 0 aliphatic rings. The monoisotopic (exact) mass is 244 g/mol. The Balaban J connectivity index is 2.34. The Bertz CT molecular complexity index is 286. The minimum atomic E-state index is -1.59. The first-order chi connectivity index (χ1) is 6.97. The van der Waals surface area contributed by atoms with Crippen LogP contribution in [0.2, 0.25) is 19.6 Å². The summed E-state index contributed by atoms with van der Waals surface area (Å²) in [7, 11) is -1.59. The maximum Gasteiger partial charge on any atom is 0.183 e. The van der Waals surface area contributed by atoms with E-state index in [1.54, 1.807) is 0 Å². The Morgan fingerprint density at radius 3 is 2.40 bits per heavy atom. The zero-order chi connectivity index (χ0) is 11.3. The molecule has 0 N–H and O–H groups in total. The number of thioether (sulfide) groups is 1. The molecule has 0 aromatic heterocycles. The summed E-state index contributed by atoms with van der Waals surface area (Å²) < 4.78 is 19.0. The second kappa shape index (κ2) is 5.68. The molecule has 0 aliphatic carbocycles. The molecule has 1 atom stereocenters. The standard InChI is InChI=1S/C11H17FOSSi/c1-15(2,3)13-9-11(12)14-10-7-5-4-6-8-10/h4-8,11H,9H2,1-3H3. The first kappa shape index (κ1) is 12.7. The van der Waals surface area contributed by atoms with E-state index in [0.717, 1.165) is 4.90 Å². The van der Waals surface area contributed by atoms with Crippen LogP contribution in [-0.2, 0) is 4.43 Å². The van der Waals surface area contributed by atoms with Crippen molar-refractivity contribution in [2.24, 2.45) is 0 Å². The Labute approximate surface area is 96.2 Å². The maximum atomic E-state index is 13.5. The molecule has 0 spiro atoms. The van der Waals surface area contributed by atoms with Gasteiger partial charge in [0.15, 0.2) is 13.8 Å². The summed E-state index contributed by atoms with van der Waals surface area (Å²) in [5.41, 5.74) is -0.973. The van der Waals surface area contributed by atoms with E-state index in [2.05, 4.69) is 19.6 Å². The first-order valence-corrected chi connectivity index (χ1v) is 9.26. The molecule has 0 amide bonds. The highest BCUT2D eigenvalue weighted by Gasteiger charge is 2.17. The second-order valence-electron chi connectivity index (χ2n) is 4.26. The molecule has 1 aromatic carbocycles. The van der Waals surface area contributed by atoms with Crippen LogP contribution in [0.3, 0.4) is 0 Å². The molecule has 0 aliphatic heterocycles. The van der Waals surface area contributed by atoms with Crippen LogP contribution in [0.15, 0.2) is 35.2 Å². The summed E-state index contributed by atoms with van der Waals surface area (Å²) in [4.78, 5) is 0.948. The lowest BCUT2D eigenvalue weighted by Gasteiger charge is -2.18. The number of alkyl halides is 1. The van der Waals surface area contributed by atoms with Gasteiger partial charge in [-0.15, -0.1) is 0 Å². The molecule has 84 valence electrons. The highest BCUT2D eigenvalue weighted by molar-refractivity contribution is 7.99. The molecule has 0 radical (unpaired) electrons. The largest absolute Gasteiger partial charge is 0.414 e. The van der Waals surface area contributed by atoms with E-state index >= 15 is 0 Å². The van der Waals surface area contributed by atoms with Crippen molar-refractivity contribution in [2.75, 3.05) is 6.61 Å². The lowest BCUT2D eigenvalue weighted by Crippen LogP contribution is -2.28. The summed E-state index contributed by atoms with van der Waals surface area (Å²) in [6, 6.07) is 9.57. The van der Waals surface area contributed by atoms with E-state index in [0.29, 0.717) is 0 Å². The molecular weight excluding hydrogens is 227 g/mol. The zero-order valence-electron chi connectivity index (χ0n) is 9.37. The molecule has 1 nitrogen and oxygen atoms in total. The van der Waals surface area contributed by atoms with Gasteiger partial charge in [-0.05, 0) is 31.8 Å². The number of hydrogen-bond acceptors (Lipinski definition) is 2. The topological polar surface area (TPSA) is 9.23 Å². The van der Waals surface area contributed by atoms with Crippen molar-refractivity contribution in [3.05, 3.63) is 30.3 Å². The molecule has 1 unspecified atom stereocenters. The Morgan fingerprint density at radius 1 is 1.27 bits per heavy atom. The van der Waals surface area contributed by atoms with Crippen LogP contribution in [0, 0.1) is 0 Å². The Kier molecular flexibility index (Phi) is 4.82. The molecule has 0 bridgehead atoms. The number of benzene rings is 1. The van der Waals surface area contributed by atoms with Gasteiger partial charge >= 0.3 is 0 Å². The van der Waals surface area contributed by atoms with Crippen molar-refractivity contribution in [2.45, 2.75) is 30.0 Å². The smallest absolute Gasteiger partial charge is 0.183 e. The SMILES string of the molecule is C[Si](C)(C)OCC(F)Sc1ccccc1. The predicted octanol–water partition coefficient (Wildman–Crippen LogP) is 3.93. The number of rotatable bonds is 5. The summed E-state index contributed by atoms with van der Waals surface area (Å²) in [6.07, 6.45) is 0. The summed E-state index contributed by atoms with van der Waals surface area (Å²) in [6.45, 7) is 6.38. The maximum absolute atomic E-state index is 13.5. The lowest BCUT2D eigenvalue weighted by molar-refractivity contribution is 0.248. The number of hydrogen-bond donors (Lipinski definition) is 0. The molecule has 15 heavy (non-hydrogen) atoms. The molecular formula is C11H17FOSSi. The average molecular weight is 244 g/mol. The van der Waals surface area contributed by atoms with Crippen molar-refractivity contribution < 1.29 is 8.82 Å². The van der Waals surface area contributed by atoms with Crippen LogP contribution in [0.25, 0.3) is 0 Å². The highest BCUT2D eigenvalue weighted by atomic mass is 32.2. The fourth-order valence-corrected chi connectivity index (χ4v) is 2.51. The third-order valence-electron chi connectivity index (χ3n) is 1.65. The van der Waals surface area contributed by atoms with Crippen molar-refractivity contribution in [3.8, 4) is 0 Å². The van der Waals surface area contributed by atoms with Crippen LogP contribution in [0.5, 0.6) is 0 Å². The van der Waals surface area contributed by atoms with E-state index in [9.17, 15) is 4.39 Å². The summed E-state index contributed by atoms with van der Waals surface area (Å²) >= 11 is 1.21. The molecule has 0 heterocycles. The zero-order valence-corrected chi connectivity index (χ0v) is 11.2. The normalized spacial score (nSPS) is 13.9. The van der Waals surface area contributed by atoms with Crippen molar-refractivity contribution in [3.63, 3.8) is 0 Å². The average Bonchev–Trinajstić information content (AvgIpc) is 2.15. The van der Waals surface area contributed by atoms with Gasteiger partial charge in [0, 0.05) is 4.90 Å². The summed E-state index contributed by atoms with van der Waals surface area (Å²) in [5, 5.41) is 0. The van der Waals surface area contributed by atoms with Gasteiger partial charge in [0.25, 0.3) is 0 Å². The third kappa shape index (κ3) is 5.97. The quantitative estimate of drug-likeness (QED) is 0.573. The van der Waals surface area contributed by atoms with Crippen LogP contribution < -0.4 is 0 Å². The van der Waals surface area contributed by atoms with E-state index in [1.807, 2.05) is 30.3 Å². The number of halogens is 1. The van der Waals surface area contributed by atoms with Gasteiger partial charge in [0.05, 0.1) is 6.61 Å². The molecule has 1 rings (SSSR count). The van der Waals surface area contributed by atoms with Crippen LogP contribution in [-0.4, -0.2) is 20.4 Å². The minimum Gasteiger partial charge on any atom is -0.414 e. The lowest BCUT2D eigenvalue weighted by atomic mass is 10.4. The van der Waals surface area contributed by atoms with Gasteiger partial charge in [-0.25, -0.2) is 4.39 Å². The fourth-order valence-electron chi connectivity index (χ4n) is 0.996. The predicted molar refractivity (Wildman–Crippen MR) is 66.5 cm³/mol. The van der Waals surface area contributed by atoms with Gasteiger partial charge in [0.1, 0.15) is 0 Å². The fraction of sp³-hybridized carbons (Fsp3) is 0.455. The van der Waals surface area contributed by atoms with Gasteiger partial charge in [0.2, 0.25) is 0 Å². The molecule has 4 heteroatoms. The molecule has 0 saturated heterocycles. The third-order valence-corrected chi connectivity index (χ3v) is 3.62. The van der Waals surface area contributed by atoms with E-state index in [1.165, 1.54) is 11.8 Å². The molecule has 0 saturated carbocycles. The van der Waals surface area contributed by atoms with Crippen molar-refractivity contribution >= 4 is 20.1 Å². The summed E-state index contributed by atoms with van der Waals surface area (Å²) in [5.74, 6) is 0. The van der Waals surface area contributed by atoms with Crippen molar-refractivity contribution in [1.29, 1.82) is 0 Å². The highest BCUT2D eigenvalue weighted by Crippen LogP contribution is 2.24. The first-order valence-electron chi connectivity index (χ1n) is 4.97. The Morgan fingerprint density at radius 2 is 1.87 bits per heavy atom. The van der Waals surface area contributed by atoms with Gasteiger partial charge in [-0.2, -0.15) is 0 Å². The van der Waals surface area contributed by atoms with E-state index < -0.39 is 13.8 Å².